The molecule has 0 aliphatic carbocycles. The molecule has 3 nitrogen and oxygen atoms in total. The molecule has 1 fully saturated rings. The maximum absolute atomic E-state index is 12.9. The molecule has 3 N–H and O–H groups in total. The van der Waals surface area contributed by atoms with Crippen LogP contribution in [-0.2, 0) is 16.3 Å². The zero-order chi connectivity index (χ0) is 15.5. The van der Waals surface area contributed by atoms with Crippen LogP contribution in [0.5, 0.6) is 0 Å². The summed E-state index contributed by atoms with van der Waals surface area (Å²) in [5, 5.41) is 9.17. The maximum atomic E-state index is 12.9. The molecule has 0 saturated carbocycles. The van der Waals surface area contributed by atoms with Crippen LogP contribution in [0.15, 0.2) is 24.3 Å². The summed E-state index contributed by atoms with van der Waals surface area (Å²) in [5.41, 5.74) is 5.36. The van der Waals surface area contributed by atoms with Gasteiger partial charge in [0.15, 0.2) is 0 Å². The zero-order valence-electron chi connectivity index (χ0n) is 11.7. The molecule has 0 aromatic heterocycles. The second-order valence-electron chi connectivity index (χ2n) is 5.62. The normalized spacial score (nSPS) is 20.2. The lowest BCUT2D eigenvalue weighted by atomic mass is 9.70. The molecule has 2 rings (SSSR count). The molecule has 0 bridgehead atoms. The first kappa shape index (κ1) is 16.3. The zero-order valence-corrected chi connectivity index (χ0v) is 11.7. The van der Waals surface area contributed by atoms with E-state index in [0.717, 1.165) is 6.07 Å². The van der Waals surface area contributed by atoms with Crippen molar-refractivity contribution in [1.29, 1.82) is 0 Å². The van der Waals surface area contributed by atoms with Gasteiger partial charge in [-0.3, -0.25) is 0 Å². The van der Waals surface area contributed by atoms with E-state index in [9.17, 15) is 18.3 Å². The number of hydrogen-bond donors (Lipinski definition) is 2. The van der Waals surface area contributed by atoms with Crippen molar-refractivity contribution in [3.05, 3.63) is 35.4 Å². The van der Waals surface area contributed by atoms with Gasteiger partial charge in [0.1, 0.15) is 0 Å². The Morgan fingerprint density at radius 1 is 1.29 bits per heavy atom. The number of aliphatic hydroxyl groups excluding tert-OH is 1. The first-order valence-electron chi connectivity index (χ1n) is 6.99. The van der Waals surface area contributed by atoms with Crippen molar-refractivity contribution in [2.24, 2.45) is 5.73 Å². The average Bonchev–Trinajstić information content (AvgIpc) is 2.47. The maximum Gasteiger partial charge on any atom is 0.416 e. The Hall–Kier alpha value is -1.11. The van der Waals surface area contributed by atoms with E-state index in [1.165, 1.54) is 12.1 Å². The van der Waals surface area contributed by atoms with Crippen LogP contribution in [0, 0.1) is 0 Å². The minimum atomic E-state index is -4.36. The van der Waals surface area contributed by atoms with Crippen LogP contribution in [0.2, 0.25) is 0 Å². The Kier molecular flexibility index (Phi) is 4.91. The number of nitrogens with two attached hydrogens (primary N) is 1. The third-order valence-electron chi connectivity index (χ3n) is 4.14. The molecule has 21 heavy (non-hydrogen) atoms. The monoisotopic (exact) mass is 303 g/mol. The fraction of sp³-hybridized carbons (Fsp3) is 0.600. The Bertz CT molecular complexity index is 470. The predicted molar refractivity (Wildman–Crippen MR) is 72.9 cm³/mol. The van der Waals surface area contributed by atoms with Crippen molar-refractivity contribution in [3.8, 4) is 0 Å². The van der Waals surface area contributed by atoms with E-state index < -0.39 is 23.2 Å². The third kappa shape index (κ3) is 3.75. The standard InChI is InChI=1S/C15H20F3NO2/c16-15(17,18)12-3-1-2-11(8-12)14(9-13(19)10-20)4-6-21-7-5-14/h1-3,8,13,20H,4-7,9-10,19H2. The van der Waals surface area contributed by atoms with Gasteiger partial charge >= 0.3 is 6.18 Å². The summed E-state index contributed by atoms with van der Waals surface area (Å²) in [6, 6.07) is 4.97. The summed E-state index contributed by atoms with van der Waals surface area (Å²) in [6.07, 6.45) is -2.68. The number of hydrogen-bond acceptors (Lipinski definition) is 3. The van der Waals surface area contributed by atoms with Gasteiger partial charge in [-0.05, 0) is 30.9 Å². The van der Waals surface area contributed by atoms with Crippen molar-refractivity contribution in [1.82, 2.24) is 0 Å². The van der Waals surface area contributed by atoms with Gasteiger partial charge in [-0.2, -0.15) is 13.2 Å². The second kappa shape index (κ2) is 6.34. The van der Waals surface area contributed by atoms with Crippen molar-refractivity contribution >= 4 is 0 Å². The molecule has 1 unspecified atom stereocenters. The van der Waals surface area contributed by atoms with Crippen LogP contribution >= 0.6 is 0 Å². The van der Waals surface area contributed by atoms with Crippen LogP contribution in [0.3, 0.4) is 0 Å². The van der Waals surface area contributed by atoms with Gasteiger partial charge in [0.2, 0.25) is 0 Å². The highest BCUT2D eigenvalue weighted by Crippen LogP contribution is 2.41. The molecule has 0 radical (unpaired) electrons. The Labute approximate surface area is 121 Å². The minimum absolute atomic E-state index is 0.179. The highest BCUT2D eigenvalue weighted by atomic mass is 19.4. The predicted octanol–water partition coefficient (Wildman–Crippen LogP) is 2.46. The fourth-order valence-electron chi connectivity index (χ4n) is 2.96. The van der Waals surface area contributed by atoms with E-state index in [1.54, 1.807) is 6.07 Å². The topological polar surface area (TPSA) is 55.5 Å². The Balaban J connectivity index is 2.36. The van der Waals surface area contributed by atoms with Gasteiger partial charge in [0, 0.05) is 24.7 Å². The lowest BCUT2D eigenvalue weighted by Gasteiger charge is -2.39. The van der Waals surface area contributed by atoms with Crippen LogP contribution in [0.1, 0.15) is 30.4 Å². The molecule has 118 valence electrons. The van der Waals surface area contributed by atoms with Gasteiger partial charge < -0.3 is 15.6 Å². The van der Waals surface area contributed by atoms with E-state index >= 15 is 0 Å². The molecule has 1 aliphatic rings. The van der Waals surface area contributed by atoms with Crippen molar-refractivity contribution < 1.29 is 23.0 Å². The minimum Gasteiger partial charge on any atom is -0.395 e. The van der Waals surface area contributed by atoms with Crippen LogP contribution < -0.4 is 5.73 Å². The Morgan fingerprint density at radius 3 is 2.52 bits per heavy atom. The molecule has 6 heteroatoms. The van der Waals surface area contributed by atoms with Crippen LogP contribution in [0.25, 0.3) is 0 Å². The van der Waals surface area contributed by atoms with Gasteiger partial charge in [0.05, 0.1) is 12.2 Å². The summed E-state index contributed by atoms with van der Waals surface area (Å²) in [5.74, 6) is 0. The second-order valence-corrected chi connectivity index (χ2v) is 5.62. The van der Waals surface area contributed by atoms with E-state index in [4.69, 9.17) is 10.5 Å². The lowest BCUT2D eigenvalue weighted by molar-refractivity contribution is -0.137. The summed E-state index contributed by atoms with van der Waals surface area (Å²) < 4.78 is 44.0. The lowest BCUT2D eigenvalue weighted by Crippen LogP contribution is -2.41. The fourth-order valence-corrected chi connectivity index (χ4v) is 2.96. The van der Waals surface area contributed by atoms with Gasteiger partial charge in [-0.1, -0.05) is 18.2 Å². The van der Waals surface area contributed by atoms with Crippen molar-refractivity contribution in [3.63, 3.8) is 0 Å². The molecule has 1 aliphatic heterocycles. The molecule has 0 amide bonds. The molecular weight excluding hydrogens is 283 g/mol. The van der Waals surface area contributed by atoms with Crippen LogP contribution in [0.4, 0.5) is 13.2 Å². The highest BCUT2D eigenvalue weighted by molar-refractivity contribution is 5.32. The number of alkyl halides is 3. The summed E-state index contributed by atoms with van der Waals surface area (Å²) >= 11 is 0. The molecule has 1 saturated heterocycles. The summed E-state index contributed by atoms with van der Waals surface area (Å²) in [4.78, 5) is 0. The molecule has 1 aromatic rings. The van der Waals surface area contributed by atoms with E-state index in [2.05, 4.69) is 0 Å². The number of aliphatic hydroxyl groups is 1. The first-order chi connectivity index (χ1) is 9.87. The van der Waals surface area contributed by atoms with E-state index in [1.807, 2.05) is 0 Å². The molecule has 1 aromatic carbocycles. The summed E-state index contributed by atoms with van der Waals surface area (Å²) in [6.45, 7) is 0.810. The molecule has 1 heterocycles. The number of halogens is 3. The third-order valence-corrected chi connectivity index (χ3v) is 4.14. The quantitative estimate of drug-likeness (QED) is 0.898. The van der Waals surface area contributed by atoms with Crippen molar-refractivity contribution in [2.45, 2.75) is 36.9 Å². The highest BCUT2D eigenvalue weighted by Gasteiger charge is 2.38. The van der Waals surface area contributed by atoms with Crippen LogP contribution in [-0.4, -0.2) is 31.0 Å². The smallest absolute Gasteiger partial charge is 0.395 e. The van der Waals surface area contributed by atoms with Gasteiger partial charge in [-0.25, -0.2) is 0 Å². The largest absolute Gasteiger partial charge is 0.416 e. The van der Waals surface area contributed by atoms with Gasteiger partial charge in [-0.15, -0.1) is 0 Å². The molecule has 0 spiro atoms. The SMILES string of the molecule is NC(CO)CC1(c2cccc(C(F)(F)F)c2)CCOCC1. The average molecular weight is 303 g/mol. The Morgan fingerprint density at radius 2 is 1.95 bits per heavy atom. The van der Waals surface area contributed by atoms with E-state index in [0.29, 0.717) is 38.0 Å². The number of ether oxygens (including phenoxy) is 1. The van der Waals surface area contributed by atoms with E-state index in [-0.39, 0.29) is 6.61 Å². The first-order valence-corrected chi connectivity index (χ1v) is 6.99. The summed E-state index contributed by atoms with van der Waals surface area (Å²) in [7, 11) is 0. The number of rotatable bonds is 4. The van der Waals surface area contributed by atoms with Gasteiger partial charge in [0.25, 0.3) is 0 Å². The number of benzene rings is 1. The molecule has 1 atom stereocenters. The van der Waals surface area contributed by atoms with Crippen molar-refractivity contribution in [2.75, 3.05) is 19.8 Å². The molecular formula is C15H20F3NO2.